The predicted molar refractivity (Wildman–Crippen MR) is 80.8 cm³/mol. The first kappa shape index (κ1) is 15.9. The van der Waals surface area contributed by atoms with Gasteiger partial charge in [0.25, 0.3) is 0 Å². The monoisotopic (exact) mass is 362 g/mol. The average Bonchev–Trinajstić information content (AvgIpc) is 2.67. The topological polar surface area (TPSA) is 81.4 Å². The van der Waals surface area contributed by atoms with Gasteiger partial charge in [-0.05, 0) is 53.9 Å². The molecule has 1 aromatic carbocycles. The van der Waals surface area contributed by atoms with Gasteiger partial charge in [0.15, 0.2) is 0 Å². The van der Waals surface area contributed by atoms with Crippen LogP contribution in [0.5, 0.6) is 0 Å². The molecule has 1 heterocycles. The van der Waals surface area contributed by atoms with Crippen LogP contribution in [0.2, 0.25) is 0 Å². The van der Waals surface area contributed by atoms with Crippen LogP contribution >= 0.6 is 15.9 Å². The molecule has 2 rings (SSSR count). The molecule has 1 fully saturated rings. The number of hydrogen-bond acceptors (Lipinski definition) is 4. The summed E-state index contributed by atoms with van der Waals surface area (Å²) in [6.45, 7) is 4.68. The van der Waals surface area contributed by atoms with Gasteiger partial charge in [-0.25, -0.2) is 13.1 Å². The minimum Gasteiger partial charge on any atom is -0.376 e. The van der Waals surface area contributed by atoms with Crippen molar-refractivity contribution in [2.75, 3.05) is 6.61 Å². The smallest absolute Gasteiger partial charge is 0.242 e. The summed E-state index contributed by atoms with van der Waals surface area (Å²) in [6.07, 6.45) is 0.505. The number of nitrogens with two attached hydrogens (primary N) is 1. The van der Waals surface area contributed by atoms with Crippen LogP contribution in [0.3, 0.4) is 0 Å². The molecule has 20 heavy (non-hydrogen) atoms. The SMILES string of the molecule is CC1OCCC1(C)NS(=O)(=O)c1ccc(CN)cc1Br. The van der Waals surface area contributed by atoms with E-state index in [0.717, 1.165) is 5.56 Å². The second-order valence-electron chi connectivity index (χ2n) is 5.25. The Morgan fingerprint density at radius 3 is 2.75 bits per heavy atom. The van der Waals surface area contributed by atoms with Crippen LogP contribution in [0.4, 0.5) is 0 Å². The van der Waals surface area contributed by atoms with Crippen molar-refractivity contribution in [2.45, 2.75) is 43.4 Å². The number of benzene rings is 1. The minimum absolute atomic E-state index is 0.153. The molecule has 2 unspecified atom stereocenters. The van der Waals surface area contributed by atoms with Crippen LogP contribution < -0.4 is 10.5 Å². The van der Waals surface area contributed by atoms with E-state index in [9.17, 15) is 8.42 Å². The highest BCUT2D eigenvalue weighted by Gasteiger charge is 2.40. The lowest BCUT2D eigenvalue weighted by molar-refractivity contribution is 0.0957. The van der Waals surface area contributed by atoms with E-state index >= 15 is 0 Å². The summed E-state index contributed by atoms with van der Waals surface area (Å²) >= 11 is 3.30. The third-order valence-corrected chi connectivity index (χ3v) is 6.36. The molecule has 1 saturated heterocycles. The fraction of sp³-hybridized carbons (Fsp3) is 0.538. The fourth-order valence-electron chi connectivity index (χ4n) is 2.22. The van der Waals surface area contributed by atoms with E-state index < -0.39 is 15.6 Å². The molecule has 0 radical (unpaired) electrons. The molecule has 0 amide bonds. The summed E-state index contributed by atoms with van der Waals surface area (Å²) in [4.78, 5) is 0.218. The number of sulfonamides is 1. The lowest BCUT2D eigenvalue weighted by Gasteiger charge is -2.28. The van der Waals surface area contributed by atoms with Gasteiger partial charge in [0.05, 0.1) is 16.5 Å². The number of ether oxygens (including phenoxy) is 1. The van der Waals surface area contributed by atoms with Crippen LogP contribution in [0.15, 0.2) is 27.6 Å². The molecule has 1 aromatic rings. The van der Waals surface area contributed by atoms with Gasteiger partial charge in [-0.2, -0.15) is 0 Å². The maximum absolute atomic E-state index is 12.5. The summed E-state index contributed by atoms with van der Waals surface area (Å²) in [5.41, 5.74) is 5.84. The zero-order valence-corrected chi connectivity index (χ0v) is 13.9. The van der Waals surface area contributed by atoms with Gasteiger partial charge in [0.2, 0.25) is 10.0 Å². The highest BCUT2D eigenvalue weighted by atomic mass is 79.9. The second-order valence-corrected chi connectivity index (χ2v) is 7.76. The van der Waals surface area contributed by atoms with E-state index in [0.29, 0.717) is 24.0 Å². The highest BCUT2D eigenvalue weighted by molar-refractivity contribution is 9.10. The molecule has 0 bridgehead atoms. The van der Waals surface area contributed by atoms with E-state index in [1.54, 1.807) is 18.2 Å². The predicted octanol–water partition coefficient (Wildman–Crippen LogP) is 1.75. The summed E-state index contributed by atoms with van der Waals surface area (Å²) < 4.78 is 33.8. The molecule has 0 aliphatic carbocycles. The van der Waals surface area contributed by atoms with Crippen LogP contribution in [0.1, 0.15) is 25.8 Å². The number of rotatable bonds is 4. The highest BCUT2D eigenvalue weighted by Crippen LogP contribution is 2.29. The van der Waals surface area contributed by atoms with Crippen molar-refractivity contribution in [1.29, 1.82) is 0 Å². The fourth-order valence-corrected chi connectivity index (χ4v) is 4.84. The lowest BCUT2D eigenvalue weighted by Crippen LogP contribution is -2.50. The maximum atomic E-state index is 12.5. The van der Waals surface area contributed by atoms with E-state index in [1.807, 2.05) is 13.8 Å². The van der Waals surface area contributed by atoms with Gasteiger partial charge in [-0.1, -0.05) is 6.07 Å². The maximum Gasteiger partial charge on any atom is 0.242 e. The first-order valence-electron chi connectivity index (χ1n) is 6.42. The van der Waals surface area contributed by atoms with Gasteiger partial charge in [0, 0.05) is 17.6 Å². The van der Waals surface area contributed by atoms with Crippen molar-refractivity contribution in [1.82, 2.24) is 4.72 Å². The van der Waals surface area contributed by atoms with E-state index in [4.69, 9.17) is 10.5 Å². The largest absolute Gasteiger partial charge is 0.376 e. The van der Waals surface area contributed by atoms with Crippen molar-refractivity contribution < 1.29 is 13.2 Å². The third-order valence-electron chi connectivity index (χ3n) is 3.78. The standard InChI is InChI=1S/C13H19BrN2O3S/c1-9-13(2,5-6-19-9)16-20(17,18)12-4-3-10(8-15)7-11(12)14/h3-4,7,9,16H,5-6,8,15H2,1-2H3. The summed E-state index contributed by atoms with van der Waals surface area (Å²) in [5.74, 6) is 0. The molecule has 2 atom stereocenters. The Kier molecular flexibility index (Phi) is 4.56. The quantitative estimate of drug-likeness (QED) is 0.854. The molecular formula is C13H19BrN2O3S. The Labute approximate surface area is 128 Å². The molecule has 3 N–H and O–H groups in total. The van der Waals surface area contributed by atoms with Gasteiger partial charge in [-0.15, -0.1) is 0 Å². The average molecular weight is 363 g/mol. The third kappa shape index (κ3) is 3.07. The van der Waals surface area contributed by atoms with Crippen LogP contribution in [0.25, 0.3) is 0 Å². The van der Waals surface area contributed by atoms with Gasteiger partial charge < -0.3 is 10.5 Å². The Hall–Kier alpha value is -0.470. The Balaban J connectivity index is 2.31. The Bertz CT molecular complexity index is 606. The van der Waals surface area contributed by atoms with Crippen LogP contribution in [-0.4, -0.2) is 26.7 Å². The van der Waals surface area contributed by atoms with Crippen molar-refractivity contribution in [3.8, 4) is 0 Å². The van der Waals surface area contributed by atoms with Crippen molar-refractivity contribution in [2.24, 2.45) is 5.73 Å². The molecule has 7 heteroatoms. The Morgan fingerprint density at radius 2 is 2.25 bits per heavy atom. The Morgan fingerprint density at radius 1 is 1.55 bits per heavy atom. The molecule has 112 valence electrons. The first-order valence-corrected chi connectivity index (χ1v) is 8.70. The molecule has 1 aliphatic heterocycles. The summed E-state index contributed by atoms with van der Waals surface area (Å²) in [6, 6.07) is 5.01. The normalized spacial score (nSPS) is 26.9. The number of halogens is 1. The molecule has 5 nitrogen and oxygen atoms in total. The van der Waals surface area contributed by atoms with E-state index in [-0.39, 0.29) is 11.0 Å². The first-order chi connectivity index (χ1) is 9.28. The zero-order valence-electron chi connectivity index (χ0n) is 11.5. The molecule has 0 spiro atoms. The van der Waals surface area contributed by atoms with E-state index in [1.165, 1.54) is 0 Å². The summed E-state index contributed by atoms with van der Waals surface area (Å²) in [7, 11) is -3.61. The van der Waals surface area contributed by atoms with E-state index in [2.05, 4.69) is 20.7 Å². The molecule has 0 aromatic heterocycles. The summed E-state index contributed by atoms with van der Waals surface area (Å²) in [5, 5.41) is 0. The molecule has 1 aliphatic rings. The van der Waals surface area contributed by atoms with Gasteiger partial charge in [0.1, 0.15) is 0 Å². The number of nitrogens with one attached hydrogen (secondary N) is 1. The van der Waals surface area contributed by atoms with Gasteiger partial charge in [-0.3, -0.25) is 0 Å². The van der Waals surface area contributed by atoms with Crippen LogP contribution in [-0.2, 0) is 21.3 Å². The lowest BCUT2D eigenvalue weighted by atomic mass is 9.97. The minimum atomic E-state index is -3.61. The molecular weight excluding hydrogens is 344 g/mol. The van der Waals surface area contributed by atoms with Gasteiger partial charge >= 0.3 is 0 Å². The van der Waals surface area contributed by atoms with Crippen molar-refractivity contribution in [3.63, 3.8) is 0 Å². The van der Waals surface area contributed by atoms with Crippen LogP contribution in [0, 0.1) is 0 Å². The van der Waals surface area contributed by atoms with Crippen molar-refractivity contribution in [3.05, 3.63) is 28.2 Å². The zero-order chi connectivity index (χ0) is 15.0. The number of hydrogen-bond donors (Lipinski definition) is 2. The second kappa shape index (κ2) is 5.73. The molecule has 0 saturated carbocycles. The van der Waals surface area contributed by atoms with Crippen molar-refractivity contribution >= 4 is 26.0 Å².